The average Bonchev–Trinajstić information content (AvgIpc) is 3.46. The standard InChI is InChI=1S/C21H21N3O3S/c25-19-11-16(13-24(19)9-8-15-5-2-1-3-6-15)20(26)22-12-17-14-27-21(23-17)18-7-4-10-28-18/h1-7,10,14,16H,8-9,11-13H2,(H,22,26)/t16-/m1/s1. The topological polar surface area (TPSA) is 75.4 Å². The van der Waals surface area contributed by atoms with Crippen LogP contribution in [0.25, 0.3) is 10.8 Å². The van der Waals surface area contributed by atoms with Crippen molar-refractivity contribution in [3.8, 4) is 10.8 Å². The third-order valence-electron chi connectivity index (χ3n) is 4.83. The Hall–Kier alpha value is -2.93. The number of likely N-dealkylation sites (tertiary alicyclic amines) is 1. The summed E-state index contributed by atoms with van der Waals surface area (Å²) in [4.78, 5) is 31.8. The van der Waals surface area contributed by atoms with Crippen LogP contribution in [0.2, 0.25) is 0 Å². The Morgan fingerprint density at radius 1 is 1.25 bits per heavy atom. The molecule has 1 fully saturated rings. The molecule has 0 aliphatic carbocycles. The normalized spacial score (nSPS) is 16.5. The lowest BCUT2D eigenvalue weighted by Crippen LogP contribution is -2.33. The van der Waals surface area contributed by atoms with Gasteiger partial charge < -0.3 is 14.6 Å². The number of hydrogen-bond donors (Lipinski definition) is 1. The summed E-state index contributed by atoms with van der Waals surface area (Å²) in [5, 5.41) is 4.84. The molecule has 28 heavy (non-hydrogen) atoms. The molecule has 0 spiro atoms. The van der Waals surface area contributed by atoms with Gasteiger partial charge in [-0.1, -0.05) is 36.4 Å². The van der Waals surface area contributed by atoms with Crippen LogP contribution in [0.15, 0.2) is 58.5 Å². The number of aromatic nitrogens is 1. The minimum absolute atomic E-state index is 0.0394. The van der Waals surface area contributed by atoms with Crippen LogP contribution in [0.4, 0.5) is 0 Å². The number of hydrogen-bond acceptors (Lipinski definition) is 5. The monoisotopic (exact) mass is 395 g/mol. The molecule has 1 aliphatic heterocycles. The number of amides is 2. The SMILES string of the molecule is O=C(NCc1coc(-c2cccs2)n1)[C@@H]1CC(=O)N(CCc2ccccc2)C1. The van der Waals surface area contributed by atoms with Gasteiger partial charge in [0.25, 0.3) is 0 Å². The predicted octanol–water partition coefficient (Wildman–Crippen LogP) is 3.11. The lowest BCUT2D eigenvalue weighted by atomic mass is 10.1. The molecule has 1 N–H and O–H groups in total. The van der Waals surface area contributed by atoms with Gasteiger partial charge in [-0.25, -0.2) is 4.98 Å². The highest BCUT2D eigenvalue weighted by atomic mass is 32.1. The summed E-state index contributed by atoms with van der Waals surface area (Å²) >= 11 is 1.55. The van der Waals surface area contributed by atoms with Crippen molar-refractivity contribution in [2.24, 2.45) is 5.92 Å². The van der Waals surface area contributed by atoms with Crippen LogP contribution in [0, 0.1) is 5.92 Å². The van der Waals surface area contributed by atoms with E-state index in [9.17, 15) is 9.59 Å². The smallest absolute Gasteiger partial charge is 0.236 e. The van der Waals surface area contributed by atoms with E-state index in [-0.39, 0.29) is 24.2 Å². The van der Waals surface area contributed by atoms with Crippen LogP contribution >= 0.6 is 11.3 Å². The summed E-state index contributed by atoms with van der Waals surface area (Å²) in [6.07, 6.45) is 2.62. The lowest BCUT2D eigenvalue weighted by molar-refractivity contribution is -0.129. The molecular formula is C21H21N3O3S. The van der Waals surface area contributed by atoms with Gasteiger partial charge in [-0.05, 0) is 23.4 Å². The fraction of sp³-hybridized carbons (Fsp3) is 0.286. The number of benzene rings is 1. The van der Waals surface area contributed by atoms with Crippen molar-refractivity contribution < 1.29 is 14.0 Å². The van der Waals surface area contributed by atoms with Crippen molar-refractivity contribution in [2.75, 3.05) is 13.1 Å². The minimum Gasteiger partial charge on any atom is -0.443 e. The Morgan fingerprint density at radius 3 is 2.89 bits per heavy atom. The molecule has 7 heteroatoms. The lowest BCUT2D eigenvalue weighted by Gasteiger charge is -2.16. The molecule has 4 rings (SSSR count). The van der Waals surface area contributed by atoms with E-state index in [0.29, 0.717) is 31.2 Å². The highest BCUT2D eigenvalue weighted by molar-refractivity contribution is 7.13. The van der Waals surface area contributed by atoms with Crippen LogP contribution in [0.1, 0.15) is 17.7 Å². The maximum Gasteiger partial charge on any atom is 0.236 e. The third-order valence-corrected chi connectivity index (χ3v) is 5.68. The first-order valence-electron chi connectivity index (χ1n) is 9.27. The zero-order valence-corrected chi connectivity index (χ0v) is 16.2. The van der Waals surface area contributed by atoms with Gasteiger partial charge in [-0.2, -0.15) is 0 Å². The number of thiophene rings is 1. The molecule has 0 bridgehead atoms. The number of nitrogens with zero attached hydrogens (tertiary/aromatic N) is 2. The van der Waals surface area contributed by atoms with Crippen molar-refractivity contribution in [2.45, 2.75) is 19.4 Å². The summed E-state index contributed by atoms with van der Waals surface area (Å²) in [6, 6.07) is 13.9. The van der Waals surface area contributed by atoms with Gasteiger partial charge in [0.1, 0.15) is 6.26 Å². The van der Waals surface area contributed by atoms with Crippen LogP contribution in [-0.4, -0.2) is 34.8 Å². The molecule has 1 aromatic carbocycles. The molecule has 144 valence electrons. The molecular weight excluding hydrogens is 374 g/mol. The van der Waals surface area contributed by atoms with Crippen LogP contribution in [0.5, 0.6) is 0 Å². The zero-order chi connectivity index (χ0) is 19.3. The van der Waals surface area contributed by atoms with E-state index in [0.717, 1.165) is 11.3 Å². The maximum absolute atomic E-state index is 12.5. The molecule has 1 atom stereocenters. The predicted molar refractivity (Wildman–Crippen MR) is 106 cm³/mol. The first-order valence-corrected chi connectivity index (χ1v) is 10.1. The molecule has 0 radical (unpaired) electrons. The van der Waals surface area contributed by atoms with Gasteiger partial charge in [0.05, 0.1) is 23.0 Å². The Balaban J connectivity index is 1.26. The highest BCUT2D eigenvalue weighted by Crippen LogP contribution is 2.24. The van der Waals surface area contributed by atoms with E-state index in [1.54, 1.807) is 22.5 Å². The van der Waals surface area contributed by atoms with E-state index in [4.69, 9.17) is 4.42 Å². The van der Waals surface area contributed by atoms with E-state index < -0.39 is 0 Å². The molecule has 3 heterocycles. The summed E-state index contributed by atoms with van der Waals surface area (Å²) < 4.78 is 5.46. The van der Waals surface area contributed by atoms with Crippen LogP contribution < -0.4 is 5.32 Å². The van der Waals surface area contributed by atoms with Gasteiger partial charge in [0.15, 0.2) is 0 Å². The molecule has 2 amide bonds. The molecule has 0 saturated carbocycles. The molecule has 3 aromatic rings. The second-order valence-electron chi connectivity index (χ2n) is 6.82. The second-order valence-corrected chi connectivity index (χ2v) is 7.76. The van der Waals surface area contributed by atoms with Crippen molar-refractivity contribution in [3.63, 3.8) is 0 Å². The van der Waals surface area contributed by atoms with E-state index in [1.807, 2.05) is 47.8 Å². The molecule has 6 nitrogen and oxygen atoms in total. The van der Waals surface area contributed by atoms with Gasteiger partial charge in [-0.15, -0.1) is 11.3 Å². The van der Waals surface area contributed by atoms with Crippen molar-refractivity contribution >= 4 is 23.2 Å². The minimum atomic E-state index is -0.313. The summed E-state index contributed by atoms with van der Waals surface area (Å²) in [6.45, 7) is 1.40. The Morgan fingerprint density at radius 2 is 2.11 bits per heavy atom. The summed E-state index contributed by atoms with van der Waals surface area (Å²) in [7, 11) is 0. The van der Waals surface area contributed by atoms with E-state index in [2.05, 4.69) is 10.3 Å². The number of oxazole rings is 1. The van der Waals surface area contributed by atoms with Crippen LogP contribution in [-0.2, 0) is 22.6 Å². The van der Waals surface area contributed by atoms with Gasteiger partial charge in [0, 0.05) is 19.5 Å². The second kappa shape index (κ2) is 8.39. The molecule has 1 aliphatic rings. The van der Waals surface area contributed by atoms with Gasteiger partial charge >= 0.3 is 0 Å². The fourth-order valence-corrected chi connectivity index (χ4v) is 3.95. The highest BCUT2D eigenvalue weighted by Gasteiger charge is 2.33. The first kappa shape index (κ1) is 18.4. The van der Waals surface area contributed by atoms with Crippen molar-refractivity contribution in [1.29, 1.82) is 0 Å². The number of carbonyl (C=O) groups is 2. The summed E-state index contributed by atoms with van der Waals surface area (Å²) in [5.74, 6) is 0.169. The van der Waals surface area contributed by atoms with Crippen molar-refractivity contribution in [3.05, 3.63) is 65.4 Å². The van der Waals surface area contributed by atoms with Crippen LogP contribution in [0.3, 0.4) is 0 Å². The Bertz CT molecular complexity index is 937. The van der Waals surface area contributed by atoms with Gasteiger partial charge in [-0.3, -0.25) is 9.59 Å². The largest absolute Gasteiger partial charge is 0.443 e. The third kappa shape index (κ3) is 4.31. The maximum atomic E-state index is 12.5. The van der Waals surface area contributed by atoms with E-state index >= 15 is 0 Å². The number of rotatable bonds is 7. The molecule has 1 saturated heterocycles. The Kier molecular flexibility index (Phi) is 5.53. The molecule has 2 aromatic heterocycles. The number of nitrogens with one attached hydrogen (secondary N) is 1. The fourth-order valence-electron chi connectivity index (χ4n) is 3.30. The van der Waals surface area contributed by atoms with Gasteiger partial charge in [0.2, 0.25) is 17.7 Å². The molecule has 0 unspecified atom stereocenters. The van der Waals surface area contributed by atoms with E-state index in [1.165, 1.54) is 5.56 Å². The van der Waals surface area contributed by atoms with Crippen molar-refractivity contribution in [1.82, 2.24) is 15.2 Å². The quantitative estimate of drug-likeness (QED) is 0.667. The first-order chi connectivity index (χ1) is 13.7. The zero-order valence-electron chi connectivity index (χ0n) is 15.3. The average molecular weight is 395 g/mol. The number of carbonyl (C=O) groups excluding carboxylic acids is 2. The Labute approximate surface area is 167 Å². The summed E-state index contributed by atoms with van der Waals surface area (Å²) in [5.41, 5.74) is 1.86.